The zero-order valence-electron chi connectivity index (χ0n) is 18.8. The molecule has 0 spiro atoms. The molecule has 3 aromatic carbocycles. The monoisotopic (exact) mass is 447 g/mol. The van der Waals surface area contributed by atoms with Crippen LogP contribution in [0.3, 0.4) is 0 Å². The number of hydrogen-bond donors (Lipinski definition) is 1. The number of phenols is 1. The van der Waals surface area contributed by atoms with Crippen molar-refractivity contribution in [1.82, 2.24) is 4.90 Å². The minimum atomic E-state index is -0.247. The topological polar surface area (TPSA) is 41.9 Å². The first-order chi connectivity index (χ1) is 16.2. The van der Waals surface area contributed by atoms with Crippen molar-refractivity contribution in [2.75, 3.05) is 32.8 Å². The summed E-state index contributed by atoms with van der Waals surface area (Å²) in [6.45, 7) is 4.46. The number of fused-ring (bicyclic) bond motifs is 1. The van der Waals surface area contributed by atoms with Crippen molar-refractivity contribution < 1.29 is 19.0 Å². The third kappa shape index (κ3) is 4.98. The third-order valence-corrected chi connectivity index (χ3v) is 6.82. The lowest BCUT2D eigenvalue weighted by atomic mass is 9.76. The number of likely N-dealkylation sites (tertiary alicyclic amines) is 1. The lowest BCUT2D eigenvalue weighted by molar-refractivity contribution is 0.183. The standard InChI is InChI=1S/C28H30FNO3/c29-22-8-4-20(5-9-22)26-19-33-27-18-23(31)10-13-25(27)28(26)21-6-11-24(12-7-21)32-17-16-30-14-2-1-3-15-30/h4-13,18,26,28,31H,1-3,14-17,19H2/t26-,28-/m1/s1. The van der Waals surface area contributed by atoms with E-state index in [-0.39, 0.29) is 23.4 Å². The maximum absolute atomic E-state index is 13.5. The second-order valence-electron chi connectivity index (χ2n) is 8.99. The Hall–Kier alpha value is -3.05. The number of piperidine rings is 1. The summed E-state index contributed by atoms with van der Waals surface area (Å²) in [6.07, 6.45) is 3.91. The molecule has 2 aliphatic rings. The van der Waals surface area contributed by atoms with Crippen molar-refractivity contribution in [3.63, 3.8) is 0 Å². The molecule has 2 aliphatic heterocycles. The molecule has 2 heterocycles. The van der Waals surface area contributed by atoms with Gasteiger partial charge in [0.15, 0.2) is 0 Å². The lowest BCUT2D eigenvalue weighted by Gasteiger charge is -2.34. The van der Waals surface area contributed by atoms with Gasteiger partial charge in [-0.2, -0.15) is 0 Å². The smallest absolute Gasteiger partial charge is 0.126 e. The zero-order chi connectivity index (χ0) is 22.6. The van der Waals surface area contributed by atoms with Crippen LogP contribution in [-0.4, -0.2) is 42.9 Å². The normalized spacial score (nSPS) is 20.6. The van der Waals surface area contributed by atoms with Gasteiger partial charge < -0.3 is 14.6 Å². The van der Waals surface area contributed by atoms with Crippen LogP contribution in [-0.2, 0) is 0 Å². The largest absolute Gasteiger partial charge is 0.508 e. The predicted molar refractivity (Wildman–Crippen MR) is 127 cm³/mol. The number of benzene rings is 3. The van der Waals surface area contributed by atoms with Gasteiger partial charge in [0.2, 0.25) is 0 Å². The number of ether oxygens (including phenoxy) is 2. The summed E-state index contributed by atoms with van der Waals surface area (Å²) in [6, 6.07) is 20.2. The molecule has 0 unspecified atom stereocenters. The van der Waals surface area contributed by atoms with E-state index < -0.39 is 0 Å². The first kappa shape index (κ1) is 21.8. The SMILES string of the molecule is Oc1ccc2c(c1)OC[C@H](c1ccc(F)cc1)[C@@H]2c1ccc(OCCN2CCCCC2)cc1. The average molecular weight is 448 g/mol. The molecule has 0 aliphatic carbocycles. The fraction of sp³-hybridized carbons (Fsp3) is 0.357. The Labute approximate surface area is 194 Å². The van der Waals surface area contributed by atoms with Crippen molar-refractivity contribution in [3.05, 3.63) is 89.2 Å². The van der Waals surface area contributed by atoms with E-state index in [2.05, 4.69) is 17.0 Å². The first-order valence-corrected chi connectivity index (χ1v) is 11.8. The number of hydrogen-bond acceptors (Lipinski definition) is 4. The molecule has 0 saturated carbocycles. The van der Waals surface area contributed by atoms with Crippen molar-refractivity contribution in [1.29, 1.82) is 0 Å². The number of aromatic hydroxyl groups is 1. The molecular formula is C28H30FNO3. The number of phenolic OH excluding ortho intramolecular Hbond substituents is 1. The second kappa shape index (κ2) is 9.84. The fourth-order valence-electron chi connectivity index (χ4n) is 5.06. The van der Waals surface area contributed by atoms with E-state index in [1.807, 2.05) is 30.3 Å². The van der Waals surface area contributed by atoms with Gasteiger partial charge in [0.25, 0.3) is 0 Å². The van der Waals surface area contributed by atoms with Crippen LogP contribution in [0.25, 0.3) is 0 Å². The number of nitrogens with zero attached hydrogens (tertiary/aromatic N) is 1. The second-order valence-corrected chi connectivity index (χ2v) is 8.99. The summed E-state index contributed by atoms with van der Waals surface area (Å²) < 4.78 is 25.6. The first-order valence-electron chi connectivity index (χ1n) is 11.8. The van der Waals surface area contributed by atoms with E-state index in [0.29, 0.717) is 19.0 Å². The van der Waals surface area contributed by atoms with Crippen LogP contribution in [0.5, 0.6) is 17.2 Å². The van der Waals surface area contributed by atoms with Gasteiger partial charge in [-0.1, -0.05) is 36.8 Å². The van der Waals surface area contributed by atoms with Gasteiger partial charge in [0.05, 0.1) is 6.61 Å². The molecule has 0 bridgehead atoms. The Morgan fingerprint density at radius 2 is 1.64 bits per heavy atom. The highest BCUT2D eigenvalue weighted by Crippen LogP contribution is 2.47. The summed E-state index contributed by atoms with van der Waals surface area (Å²) in [5, 5.41) is 9.93. The summed E-state index contributed by atoms with van der Waals surface area (Å²) in [5.41, 5.74) is 3.19. The summed E-state index contributed by atoms with van der Waals surface area (Å²) in [7, 11) is 0. The lowest BCUT2D eigenvalue weighted by Crippen LogP contribution is -2.33. The Balaban J connectivity index is 1.36. The van der Waals surface area contributed by atoms with E-state index >= 15 is 0 Å². The molecule has 5 heteroatoms. The maximum Gasteiger partial charge on any atom is 0.126 e. The summed E-state index contributed by atoms with van der Waals surface area (Å²) >= 11 is 0. The molecule has 1 N–H and O–H groups in total. The molecule has 172 valence electrons. The quantitative estimate of drug-likeness (QED) is 0.526. The molecule has 0 aromatic heterocycles. The van der Waals surface area contributed by atoms with E-state index in [1.165, 1.54) is 44.5 Å². The van der Waals surface area contributed by atoms with Crippen LogP contribution in [0, 0.1) is 5.82 Å². The van der Waals surface area contributed by atoms with Gasteiger partial charge in [0, 0.05) is 30.0 Å². The number of rotatable bonds is 6. The summed E-state index contributed by atoms with van der Waals surface area (Å²) in [4.78, 5) is 2.47. The van der Waals surface area contributed by atoms with Gasteiger partial charge in [-0.15, -0.1) is 0 Å². The van der Waals surface area contributed by atoms with Crippen LogP contribution in [0.2, 0.25) is 0 Å². The van der Waals surface area contributed by atoms with Crippen LogP contribution in [0.1, 0.15) is 47.8 Å². The number of halogens is 1. The highest BCUT2D eigenvalue weighted by Gasteiger charge is 2.33. The third-order valence-electron chi connectivity index (χ3n) is 6.82. The van der Waals surface area contributed by atoms with Crippen molar-refractivity contribution in [2.45, 2.75) is 31.1 Å². The fourth-order valence-corrected chi connectivity index (χ4v) is 5.06. The van der Waals surface area contributed by atoms with Crippen LogP contribution >= 0.6 is 0 Å². The predicted octanol–water partition coefficient (Wildman–Crippen LogP) is 5.70. The highest BCUT2D eigenvalue weighted by atomic mass is 19.1. The Morgan fingerprint density at radius 1 is 0.909 bits per heavy atom. The van der Waals surface area contributed by atoms with E-state index in [4.69, 9.17) is 9.47 Å². The van der Waals surface area contributed by atoms with E-state index in [0.717, 1.165) is 29.0 Å². The van der Waals surface area contributed by atoms with Crippen molar-refractivity contribution in [3.8, 4) is 17.2 Å². The van der Waals surface area contributed by atoms with Gasteiger partial charge in [-0.05, 0) is 67.4 Å². The Bertz CT molecular complexity index is 1060. The molecule has 5 rings (SSSR count). The Morgan fingerprint density at radius 3 is 2.39 bits per heavy atom. The molecule has 1 saturated heterocycles. The van der Waals surface area contributed by atoms with E-state index in [1.54, 1.807) is 12.1 Å². The van der Waals surface area contributed by atoms with Gasteiger partial charge in [-0.25, -0.2) is 4.39 Å². The molecule has 1 fully saturated rings. The van der Waals surface area contributed by atoms with Crippen molar-refractivity contribution >= 4 is 0 Å². The minimum Gasteiger partial charge on any atom is -0.508 e. The average Bonchev–Trinajstić information content (AvgIpc) is 2.85. The molecular weight excluding hydrogens is 417 g/mol. The maximum atomic E-state index is 13.5. The Kier molecular flexibility index (Phi) is 6.49. The molecule has 0 radical (unpaired) electrons. The van der Waals surface area contributed by atoms with Gasteiger partial charge in [-0.3, -0.25) is 4.90 Å². The molecule has 4 nitrogen and oxygen atoms in total. The molecule has 2 atom stereocenters. The molecule has 0 amide bonds. The van der Waals surface area contributed by atoms with Crippen molar-refractivity contribution in [2.24, 2.45) is 0 Å². The highest BCUT2D eigenvalue weighted by molar-refractivity contribution is 5.50. The minimum absolute atomic E-state index is 0.0298. The van der Waals surface area contributed by atoms with E-state index in [9.17, 15) is 9.50 Å². The molecule has 3 aromatic rings. The van der Waals surface area contributed by atoms with Gasteiger partial charge in [0.1, 0.15) is 29.7 Å². The van der Waals surface area contributed by atoms with Crippen LogP contribution in [0.15, 0.2) is 66.7 Å². The molecule has 33 heavy (non-hydrogen) atoms. The zero-order valence-corrected chi connectivity index (χ0v) is 18.8. The van der Waals surface area contributed by atoms with Gasteiger partial charge >= 0.3 is 0 Å². The van der Waals surface area contributed by atoms with Crippen LogP contribution in [0.4, 0.5) is 4.39 Å². The van der Waals surface area contributed by atoms with Crippen LogP contribution < -0.4 is 9.47 Å². The summed E-state index contributed by atoms with van der Waals surface area (Å²) in [5.74, 6) is 1.57.